The number of aromatic nitrogens is 3. The number of halogens is 1. The molecule has 0 radical (unpaired) electrons. The van der Waals surface area contributed by atoms with Gasteiger partial charge >= 0.3 is 0 Å². The van der Waals surface area contributed by atoms with Crippen LogP contribution in [0.2, 0.25) is 0 Å². The summed E-state index contributed by atoms with van der Waals surface area (Å²) in [6.45, 7) is 1.71. The van der Waals surface area contributed by atoms with Crippen LogP contribution in [0, 0.1) is 12.7 Å². The van der Waals surface area contributed by atoms with Gasteiger partial charge in [0.25, 0.3) is 0 Å². The summed E-state index contributed by atoms with van der Waals surface area (Å²) >= 11 is 1.38. The maximum Gasteiger partial charge on any atom is 0.234 e. The third-order valence-electron chi connectivity index (χ3n) is 3.09. The number of amides is 1. The van der Waals surface area contributed by atoms with E-state index >= 15 is 0 Å². The molecule has 2 heterocycles. The van der Waals surface area contributed by atoms with Crippen molar-refractivity contribution < 1.29 is 18.4 Å². The molecule has 3 aromatic rings. The number of rotatable bonds is 7. The smallest absolute Gasteiger partial charge is 0.234 e. The van der Waals surface area contributed by atoms with E-state index in [1.165, 1.54) is 42.2 Å². The Bertz CT molecular complexity index is 868. The third-order valence-corrected chi connectivity index (χ3v) is 4.02. The number of pyridine rings is 1. The first-order valence-corrected chi connectivity index (χ1v) is 8.80. The molecular formula is C17H15FN4O3S. The standard InChI is InChI=1S/C17H15FN4O3S/c1-11-20-15(22-25-11)9-26-10-16(23)21-13-4-7-17(19-8-13)24-14-5-2-12(18)3-6-14/h2-8H,9-10H2,1H3,(H,21,23). The first-order chi connectivity index (χ1) is 12.6. The zero-order chi connectivity index (χ0) is 18.4. The lowest BCUT2D eigenvalue weighted by molar-refractivity contribution is -0.113. The lowest BCUT2D eigenvalue weighted by atomic mass is 10.3. The highest BCUT2D eigenvalue weighted by atomic mass is 32.2. The second kappa shape index (κ2) is 8.43. The van der Waals surface area contributed by atoms with Crippen molar-refractivity contribution in [3.05, 3.63) is 60.1 Å². The Morgan fingerprint density at radius 3 is 2.73 bits per heavy atom. The van der Waals surface area contributed by atoms with Crippen LogP contribution in [-0.4, -0.2) is 26.8 Å². The molecule has 0 unspecified atom stereocenters. The van der Waals surface area contributed by atoms with Crippen molar-refractivity contribution in [2.45, 2.75) is 12.7 Å². The van der Waals surface area contributed by atoms with Crippen LogP contribution in [0.15, 0.2) is 47.1 Å². The Balaban J connectivity index is 1.45. The van der Waals surface area contributed by atoms with E-state index in [1.807, 2.05) is 0 Å². The van der Waals surface area contributed by atoms with E-state index in [-0.39, 0.29) is 17.5 Å². The van der Waals surface area contributed by atoms with Gasteiger partial charge in [-0.2, -0.15) is 4.98 Å². The highest BCUT2D eigenvalue weighted by molar-refractivity contribution is 7.99. The normalized spacial score (nSPS) is 10.5. The number of carbonyl (C=O) groups is 1. The first-order valence-electron chi connectivity index (χ1n) is 7.65. The van der Waals surface area contributed by atoms with Gasteiger partial charge in [-0.25, -0.2) is 9.37 Å². The number of nitrogens with one attached hydrogen (secondary N) is 1. The predicted molar refractivity (Wildman–Crippen MR) is 94.5 cm³/mol. The van der Waals surface area contributed by atoms with Gasteiger partial charge in [-0.1, -0.05) is 5.16 Å². The van der Waals surface area contributed by atoms with E-state index in [4.69, 9.17) is 9.26 Å². The second-order valence-corrected chi connectivity index (χ2v) is 6.20. The molecule has 1 N–H and O–H groups in total. The fourth-order valence-electron chi connectivity index (χ4n) is 1.97. The summed E-state index contributed by atoms with van der Waals surface area (Å²) < 4.78 is 23.2. The number of hydrogen-bond acceptors (Lipinski definition) is 7. The predicted octanol–water partition coefficient (Wildman–Crippen LogP) is 3.58. The molecule has 0 bridgehead atoms. The average Bonchev–Trinajstić information content (AvgIpc) is 3.04. The van der Waals surface area contributed by atoms with Crippen molar-refractivity contribution in [3.8, 4) is 11.6 Å². The van der Waals surface area contributed by atoms with Gasteiger partial charge in [0, 0.05) is 13.0 Å². The summed E-state index contributed by atoms with van der Waals surface area (Å²) in [6.07, 6.45) is 1.49. The largest absolute Gasteiger partial charge is 0.439 e. The Morgan fingerprint density at radius 1 is 1.27 bits per heavy atom. The van der Waals surface area contributed by atoms with Gasteiger partial charge in [0.1, 0.15) is 11.6 Å². The number of benzene rings is 1. The molecule has 0 aliphatic rings. The number of thioether (sulfide) groups is 1. The summed E-state index contributed by atoms with van der Waals surface area (Å²) in [7, 11) is 0. The highest BCUT2D eigenvalue weighted by Gasteiger charge is 2.07. The molecule has 0 aliphatic heterocycles. The molecule has 9 heteroatoms. The summed E-state index contributed by atoms with van der Waals surface area (Å²) in [4.78, 5) is 20.1. The maximum atomic E-state index is 12.9. The zero-order valence-electron chi connectivity index (χ0n) is 13.8. The van der Waals surface area contributed by atoms with Crippen LogP contribution in [0.4, 0.5) is 10.1 Å². The molecule has 0 spiro atoms. The Hall–Kier alpha value is -2.94. The lowest BCUT2D eigenvalue weighted by Gasteiger charge is -2.07. The van der Waals surface area contributed by atoms with E-state index in [0.29, 0.717) is 34.8 Å². The lowest BCUT2D eigenvalue weighted by Crippen LogP contribution is -2.14. The van der Waals surface area contributed by atoms with Crippen molar-refractivity contribution in [3.63, 3.8) is 0 Å². The number of anilines is 1. The molecule has 0 saturated carbocycles. The van der Waals surface area contributed by atoms with Crippen LogP contribution >= 0.6 is 11.8 Å². The van der Waals surface area contributed by atoms with Crippen molar-refractivity contribution >= 4 is 23.4 Å². The van der Waals surface area contributed by atoms with E-state index in [9.17, 15) is 9.18 Å². The van der Waals surface area contributed by atoms with Gasteiger partial charge in [0.05, 0.1) is 23.4 Å². The third kappa shape index (κ3) is 5.28. The number of nitrogens with zero attached hydrogens (tertiary/aromatic N) is 3. The molecule has 134 valence electrons. The summed E-state index contributed by atoms with van der Waals surface area (Å²) in [5, 5.41) is 6.50. The fourth-order valence-corrected chi connectivity index (χ4v) is 2.63. The van der Waals surface area contributed by atoms with Gasteiger partial charge in [-0.05, 0) is 30.3 Å². The van der Waals surface area contributed by atoms with Gasteiger partial charge in [0.2, 0.25) is 17.7 Å². The molecule has 1 aromatic carbocycles. The maximum absolute atomic E-state index is 12.9. The van der Waals surface area contributed by atoms with Gasteiger partial charge in [-0.15, -0.1) is 11.8 Å². The van der Waals surface area contributed by atoms with Gasteiger partial charge in [0.15, 0.2) is 5.82 Å². The molecule has 1 amide bonds. The highest BCUT2D eigenvalue weighted by Crippen LogP contribution is 2.20. The SMILES string of the molecule is Cc1nc(CSCC(=O)Nc2ccc(Oc3ccc(F)cc3)nc2)no1. The molecule has 0 aliphatic carbocycles. The fraction of sp³-hybridized carbons (Fsp3) is 0.176. The van der Waals surface area contributed by atoms with Crippen LogP contribution in [0.1, 0.15) is 11.7 Å². The average molecular weight is 374 g/mol. The van der Waals surface area contributed by atoms with E-state index in [0.717, 1.165) is 0 Å². The van der Waals surface area contributed by atoms with E-state index in [2.05, 4.69) is 20.4 Å². The van der Waals surface area contributed by atoms with Crippen molar-refractivity contribution in [1.29, 1.82) is 0 Å². The van der Waals surface area contributed by atoms with E-state index < -0.39 is 0 Å². The number of carbonyl (C=O) groups excluding carboxylic acids is 1. The Labute approximate surface area is 153 Å². The Kier molecular flexibility index (Phi) is 5.80. The van der Waals surface area contributed by atoms with Crippen molar-refractivity contribution in [2.24, 2.45) is 0 Å². The van der Waals surface area contributed by atoms with Gasteiger partial charge < -0.3 is 14.6 Å². The van der Waals surface area contributed by atoms with Crippen LogP contribution in [0.25, 0.3) is 0 Å². The van der Waals surface area contributed by atoms with Crippen LogP contribution in [0.3, 0.4) is 0 Å². The number of hydrogen-bond donors (Lipinski definition) is 1. The monoisotopic (exact) mass is 374 g/mol. The van der Waals surface area contributed by atoms with Crippen LogP contribution < -0.4 is 10.1 Å². The molecular weight excluding hydrogens is 359 g/mol. The summed E-state index contributed by atoms with van der Waals surface area (Å²) in [5.41, 5.74) is 0.553. The molecule has 0 saturated heterocycles. The minimum Gasteiger partial charge on any atom is -0.439 e. The molecule has 2 aromatic heterocycles. The quantitative estimate of drug-likeness (QED) is 0.676. The van der Waals surface area contributed by atoms with Crippen molar-refractivity contribution in [2.75, 3.05) is 11.1 Å². The Morgan fingerprint density at radius 2 is 2.08 bits per heavy atom. The summed E-state index contributed by atoms with van der Waals surface area (Å²) in [5.74, 6) is 2.12. The second-order valence-electron chi connectivity index (χ2n) is 5.21. The number of ether oxygens (including phenoxy) is 1. The minimum atomic E-state index is -0.337. The molecule has 3 rings (SSSR count). The molecule has 0 atom stereocenters. The van der Waals surface area contributed by atoms with Crippen LogP contribution in [-0.2, 0) is 10.5 Å². The topological polar surface area (TPSA) is 90.1 Å². The van der Waals surface area contributed by atoms with Crippen molar-refractivity contribution in [1.82, 2.24) is 15.1 Å². The molecule has 0 fully saturated rings. The first kappa shape index (κ1) is 17.9. The van der Waals surface area contributed by atoms with E-state index in [1.54, 1.807) is 19.1 Å². The zero-order valence-corrected chi connectivity index (χ0v) is 14.6. The minimum absolute atomic E-state index is 0.163. The summed E-state index contributed by atoms with van der Waals surface area (Å²) in [6, 6.07) is 8.92. The number of aryl methyl sites for hydroxylation is 1. The van der Waals surface area contributed by atoms with Gasteiger partial charge in [-0.3, -0.25) is 4.79 Å². The molecule has 7 nitrogen and oxygen atoms in total. The molecule has 26 heavy (non-hydrogen) atoms. The van der Waals surface area contributed by atoms with Crippen LogP contribution in [0.5, 0.6) is 11.6 Å².